The predicted molar refractivity (Wildman–Crippen MR) is 165 cm³/mol. The van der Waals surface area contributed by atoms with Gasteiger partial charge in [0.1, 0.15) is 23.3 Å². The van der Waals surface area contributed by atoms with E-state index in [1.165, 1.54) is 15.4 Å². The van der Waals surface area contributed by atoms with Crippen molar-refractivity contribution in [3.8, 4) is 11.8 Å². The number of carbonyl (C=O) groups is 3. The highest BCUT2D eigenvalue weighted by molar-refractivity contribution is 6.07. The van der Waals surface area contributed by atoms with Gasteiger partial charge in [0, 0.05) is 42.8 Å². The van der Waals surface area contributed by atoms with Crippen molar-refractivity contribution in [2.24, 2.45) is 5.92 Å². The molecule has 3 heterocycles. The molecule has 3 aromatic rings. The van der Waals surface area contributed by atoms with Crippen molar-refractivity contribution in [2.45, 2.75) is 81.9 Å². The first-order valence-electron chi connectivity index (χ1n) is 15.7. The number of fused-ring (bicyclic) bond motifs is 3. The number of aromatic nitrogens is 1. The molecule has 3 atom stereocenters. The molecule has 3 fully saturated rings. The number of benzene rings is 2. The molecule has 1 spiro atoms. The lowest BCUT2D eigenvalue weighted by atomic mass is 9.80. The Morgan fingerprint density at radius 1 is 1.18 bits per heavy atom. The summed E-state index contributed by atoms with van der Waals surface area (Å²) >= 11 is 0. The lowest BCUT2D eigenvalue weighted by Gasteiger charge is -2.33. The number of hydrogen-bond donors (Lipinski definition) is 1. The highest BCUT2D eigenvalue weighted by Crippen LogP contribution is 2.47. The Hall–Kier alpha value is -4.45. The van der Waals surface area contributed by atoms with Crippen LogP contribution in [0.4, 0.5) is 5.69 Å². The van der Waals surface area contributed by atoms with E-state index in [0.29, 0.717) is 23.7 Å². The van der Waals surface area contributed by atoms with E-state index in [1.807, 2.05) is 50.4 Å². The molecule has 2 aliphatic heterocycles. The van der Waals surface area contributed by atoms with Crippen LogP contribution in [0.1, 0.15) is 79.8 Å². The van der Waals surface area contributed by atoms with Gasteiger partial charge in [-0.05, 0) is 79.3 Å². The van der Waals surface area contributed by atoms with Gasteiger partial charge in [0.15, 0.2) is 0 Å². The van der Waals surface area contributed by atoms with Crippen LogP contribution in [-0.2, 0) is 15.0 Å². The molecule has 1 saturated heterocycles. The number of nitrogens with zero attached hydrogens (tertiary/aromatic N) is 4. The summed E-state index contributed by atoms with van der Waals surface area (Å²) < 4.78 is 6.22. The monoisotopic (exact) mass is 591 g/mol. The number of ether oxygens (including phenoxy) is 1. The minimum Gasteiger partial charge on any atom is -0.488 e. The lowest BCUT2D eigenvalue weighted by Crippen LogP contribution is -2.52. The molecule has 226 valence electrons. The third-order valence-corrected chi connectivity index (χ3v) is 9.57. The minimum atomic E-state index is -0.989. The fourth-order valence-corrected chi connectivity index (χ4v) is 6.85. The van der Waals surface area contributed by atoms with Crippen molar-refractivity contribution in [2.75, 3.05) is 18.9 Å². The van der Waals surface area contributed by atoms with Crippen molar-refractivity contribution in [3.05, 3.63) is 65.4 Å². The van der Waals surface area contributed by atoms with Gasteiger partial charge < -0.3 is 19.9 Å². The summed E-state index contributed by atoms with van der Waals surface area (Å²) in [5, 5.41) is 13.9. The van der Waals surface area contributed by atoms with Crippen LogP contribution in [-0.4, -0.2) is 64.3 Å². The van der Waals surface area contributed by atoms with E-state index in [-0.39, 0.29) is 42.7 Å². The molecule has 44 heavy (non-hydrogen) atoms. The maximum Gasteiger partial charge on any atom is 0.254 e. The topological polar surface area (TPSA) is 116 Å². The first-order chi connectivity index (χ1) is 21.2. The van der Waals surface area contributed by atoms with Crippen LogP contribution < -0.4 is 10.1 Å². The van der Waals surface area contributed by atoms with E-state index in [0.717, 1.165) is 47.8 Å². The Kier molecular flexibility index (Phi) is 6.84. The van der Waals surface area contributed by atoms with E-state index in [2.05, 4.69) is 17.5 Å². The summed E-state index contributed by atoms with van der Waals surface area (Å²) in [5.74, 6) is 0.395. The lowest BCUT2D eigenvalue weighted by molar-refractivity contribution is -0.136. The number of rotatable bonds is 8. The summed E-state index contributed by atoms with van der Waals surface area (Å²) in [6.45, 7) is 4.11. The highest BCUT2D eigenvalue weighted by Gasteiger charge is 2.56. The molecule has 0 radical (unpaired) electrons. The highest BCUT2D eigenvalue weighted by atomic mass is 16.5. The summed E-state index contributed by atoms with van der Waals surface area (Å²) in [5.41, 5.74) is 2.88. The summed E-state index contributed by atoms with van der Waals surface area (Å²) in [6.07, 6.45) is 6.92. The van der Waals surface area contributed by atoms with Gasteiger partial charge >= 0.3 is 0 Å². The number of likely N-dealkylation sites (N-methyl/N-ethyl adjacent to an activating group) is 1. The maximum atomic E-state index is 14.4. The predicted octanol–water partition coefficient (Wildman–Crippen LogP) is 5.15. The molecule has 0 unspecified atom stereocenters. The molecule has 7 rings (SSSR count). The summed E-state index contributed by atoms with van der Waals surface area (Å²) in [7, 11) is 1.66. The first-order valence-corrected chi connectivity index (χ1v) is 15.7. The van der Waals surface area contributed by atoms with E-state index in [9.17, 15) is 19.6 Å². The Bertz CT molecular complexity index is 1720. The van der Waals surface area contributed by atoms with Gasteiger partial charge in [-0.15, -0.1) is 0 Å². The van der Waals surface area contributed by atoms with Crippen molar-refractivity contribution in [1.29, 1.82) is 5.26 Å². The zero-order valence-electron chi connectivity index (χ0n) is 25.4. The van der Waals surface area contributed by atoms with E-state index < -0.39 is 17.5 Å². The number of likely N-dealkylation sites (tertiary alicyclic amines) is 1. The number of nitrogens with one attached hydrogen (secondary N) is 1. The SMILES string of the molecule is CC(C)C[C@@H](C(=O)N1C[C@]2(C[C@H]1C#N)C(=O)Nc1ccccc12)N(C)C(=O)c1cc(OC2CC2)c2ncc(C3CC3)cc2c1. The van der Waals surface area contributed by atoms with Crippen molar-refractivity contribution < 1.29 is 19.1 Å². The Balaban J connectivity index is 1.21. The number of para-hydroxylation sites is 1. The van der Waals surface area contributed by atoms with Crippen LogP contribution in [0.2, 0.25) is 0 Å². The largest absolute Gasteiger partial charge is 0.488 e. The molecule has 9 heteroatoms. The number of carbonyl (C=O) groups excluding carboxylic acids is 3. The molecule has 1 N–H and O–H groups in total. The number of nitriles is 1. The molecule has 9 nitrogen and oxygen atoms in total. The van der Waals surface area contributed by atoms with Crippen LogP contribution >= 0.6 is 0 Å². The molecular weight excluding hydrogens is 554 g/mol. The summed E-state index contributed by atoms with van der Waals surface area (Å²) in [4.78, 5) is 49.6. The zero-order chi connectivity index (χ0) is 30.7. The van der Waals surface area contributed by atoms with Crippen molar-refractivity contribution in [3.63, 3.8) is 0 Å². The van der Waals surface area contributed by atoms with E-state index >= 15 is 0 Å². The second-order valence-electron chi connectivity index (χ2n) is 13.4. The van der Waals surface area contributed by atoms with Gasteiger partial charge in [-0.2, -0.15) is 5.26 Å². The van der Waals surface area contributed by atoms with Gasteiger partial charge in [0.05, 0.1) is 17.6 Å². The van der Waals surface area contributed by atoms with Crippen LogP contribution in [0.3, 0.4) is 0 Å². The molecule has 1 aromatic heterocycles. The zero-order valence-corrected chi connectivity index (χ0v) is 25.4. The maximum absolute atomic E-state index is 14.4. The number of hydrogen-bond acceptors (Lipinski definition) is 6. The standard InChI is InChI=1S/C35H37N5O4/c1-20(2)12-29(33(42)40-19-35(16-25(40)17-36)27-6-4-5-7-28(27)38-34(35)43)39(3)32(41)23-13-22-14-24(21-8-9-21)18-37-31(22)30(15-23)44-26-10-11-26/h4-7,13-15,18,20-21,25-26,29H,8-12,16,19H2,1-3H3,(H,38,43)/t25-,29-,35-/m0/s1. The van der Waals surface area contributed by atoms with Gasteiger partial charge in [0.2, 0.25) is 11.8 Å². The second-order valence-corrected chi connectivity index (χ2v) is 13.4. The van der Waals surface area contributed by atoms with Gasteiger partial charge in [-0.25, -0.2) is 0 Å². The van der Waals surface area contributed by atoms with Crippen molar-refractivity contribution >= 4 is 34.3 Å². The van der Waals surface area contributed by atoms with Crippen molar-refractivity contribution in [1.82, 2.24) is 14.8 Å². The molecule has 2 aliphatic carbocycles. The second kappa shape index (κ2) is 10.6. The fraction of sp³-hybridized carbons (Fsp3) is 0.457. The average molecular weight is 592 g/mol. The average Bonchev–Trinajstić information content (AvgIpc) is 3.96. The van der Waals surface area contributed by atoms with E-state index in [4.69, 9.17) is 9.72 Å². The Labute approximate surface area is 257 Å². The number of anilines is 1. The Morgan fingerprint density at radius 2 is 1.95 bits per heavy atom. The molecular formula is C35H37N5O4. The molecule has 0 bridgehead atoms. The fourth-order valence-electron chi connectivity index (χ4n) is 6.85. The van der Waals surface area contributed by atoms with Gasteiger partial charge in [-0.1, -0.05) is 32.0 Å². The third-order valence-electron chi connectivity index (χ3n) is 9.57. The van der Waals surface area contributed by atoms with Crippen LogP contribution in [0, 0.1) is 17.2 Å². The van der Waals surface area contributed by atoms with Crippen LogP contribution in [0.15, 0.2) is 48.7 Å². The smallest absolute Gasteiger partial charge is 0.254 e. The normalized spacial score (nSPS) is 23.0. The quantitative estimate of drug-likeness (QED) is 0.387. The minimum absolute atomic E-state index is 0.0918. The van der Waals surface area contributed by atoms with Crippen LogP contribution in [0.25, 0.3) is 10.9 Å². The van der Waals surface area contributed by atoms with E-state index in [1.54, 1.807) is 13.1 Å². The molecule has 2 saturated carbocycles. The van der Waals surface area contributed by atoms with Gasteiger partial charge in [0.25, 0.3) is 5.91 Å². The molecule has 3 amide bonds. The molecule has 2 aromatic carbocycles. The summed E-state index contributed by atoms with van der Waals surface area (Å²) in [6, 6.07) is 13.8. The third kappa shape index (κ3) is 4.86. The first kappa shape index (κ1) is 28.3. The van der Waals surface area contributed by atoms with Crippen LogP contribution in [0.5, 0.6) is 5.75 Å². The number of pyridine rings is 1. The van der Waals surface area contributed by atoms with Gasteiger partial charge in [-0.3, -0.25) is 19.4 Å². The molecule has 4 aliphatic rings. The Morgan fingerprint density at radius 3 is 2.66 bits per heavy atom. The number of amides is 3.